The molecular weight excluding hydrogens is 356 g/mol. The summed E-state index contributed by atoms with van der Waals surface area (Å²) in [5.41, 5.74) is 0.907. The highest BCUT2D eigenvalue weighted by atomic mass is 16.5. The van der Waals surface area contributed by atoms with Gasteiger partial charge in [-0.05, 0) is 31.9 Å². The second-order valence-electron chi connectivity index (χ2n) is 7.03. The molecule has 0 bridgehead atoms. The van der Waals surface area contributed by atoms with Crippen molar-refractivity contribution in [1.82, 2.24) is 20.1 Å². The summed E-state index contributed by atoms with van der Waals surface area (Å²) < 4.78 is 13.7. The normalized spacial score (nSPS) is 16.7. The molecule has 0 radical (unpaired) electrons. The number of nitrogens with one attached hydrogen (secondary N) is 2. The number of nitrogens with zero attached hydrogens (tertiary/aromatic N) is 4. The third kappa shape index (κ3) is 4.37. The second kappa shape index (κ2) is 8.95. The lowest BCUT2D eigenvalue weighted by Crippen LogP contribution is -2.30. The summed E-state index contributed by atoms with van der Waals surface area (Å²) in [6.07, 6.45) is 5.52. The Hall–Kier alpha value is -2.77. The molecule has 1 aromatic carbocycles. The molecule has 28 heavy (non-hydrogen) atoms. The fraction of sp³-hybridized carbons (Fsp3) is 0.550. The number of aliphatic imine (C=N–C) groups is 1. The van der Waals surface area contributed by atoms with Crippen LogP contribution in [0.15, 0.2) is 23.2 Å². The van der Waals surface area contributed by atoms with Gasteiger partial charge in [0.05, 0.1) is 13.2 Å². The van der Waals surface area contributed by atoms with Gasteiger partial charge in [0.25, 0.3) is 0 Å². The van der Waals surface area contributed by atoms with Crippen molar-refractivity contribution in [1.29, 1.82) is 0 Å². The van der Waals surface area contributed by atoms with Crippen LogP contribution in [0.4, 0.5) is 5.69 Å². The SMILES string of the molecule is CCNC(=NCc1nnc2n1CCCCC2)Nc1ccc2c(c1)OCCCO2. The summed E-state index contributed by atoms with van der Waals surface area (Å²) in [5.74, 6) is 4.27. The Bertz CT molecular complexity index is 832. The Morgan fingerprint density at radius 3 is 2.89 bits per heavy atom. The van der Waals surface area contributed by atoms with Crippen molar-refractivity contribution in [2.45, 2.75) is 52.1 Å². The van der Waals surface area contributed by atoms with Gasteiger partial charge in [-0.3, -0.25) is 0 Å². The summed E-state index contributed by atoms with van der Waals surface area (Å²) in [5, 5.41) is 15.4. The summed E-state index contributed by atoms with van der Waals surface area (Å²) in [6, 6.07) is 5.87. The average Bonchev–Trinajstić information content (AvgIpc) is 2.88. The largest absolute Gasteiger partial charge is 0.490 e. The van der Waals surface area contributed by atoms with Crippen molar-refractivity contribution in [3.05, 3.63) is 29.8 Å². The van der Waals surface area contributed by atoms with Crippen molar-refractivity contribution < 1.29 is 9.47 Å². The number of aromatic nitrogens is 3. The number of aryl methyl sites for hydroxylation is 1. The number of hydrogen-bond acceptors (Lipinski definition) is 5. The van der Waals surface area contributed by atoms with E-state index in [0.29, 0.717) is 25.7 Å². The van der Waals surface area contributed by atoms with Gasteiger partial charge >= 0.3 is 0 Å². The predicted octanol–water partition coefficient (Wildman–Crippen LogP) is 2.74. The van der Waals surface area contributed by atoms with E-state index >= 15 is 0 Å². The smallest absolute Gasteiger partial charge is 0.196 e. The summed E-state index contributed by atoms with van der Waals surface area (Å²) >= 11 is 0. The van der Waals surface area contributed by atoms with Crippen molar-refractivity contribution >= 4 is 11.6 Å². The monoisotopic (exact) mass is 384 g/mol. The molecule has 0 aliphatic carbocycles. The molecular formula is C20H28N6O2. The lowest BCUT2D eigenvalue weighted by molar-refractivity contribution is 0.297. The van der Waals surface area contributed by atoms with Crippen LogP contribution in [0.5, 0.6) is 11.5 Å². The molecule has 4 rings (SSSR count). The van der Waals surface area contributed by atoms with Crippen LogP contribution in [0.2, 0.25) is 0 Å². The molecule has 2 aliphatic rings. The quantitative estimate of drug-likeness (QED) is 0.623. The number of hydrogen-bond donors (Lipinski definition) is 2. The van der Waals surface area contributed by atoms with Crippen LogP contribution in [-0.2, 0) is 19.5 Å². The van der Waals surface area contributed by atoms with Gasteiger partial charge < -0.3 is 24.7 Å². The molecule has 3 heterocycles. The minimum absolute atomic E-state index is 0.493. The van der Waals surface area contributed by atoms with Crippen LogP contribution in [0.25, 0.3) is 0 Å². The van der Waals surface area contributed by atoms with E-state index < -0.39 is 0 Å². The van der Waals surface area contributed by atoms with Crippen LogP contribution in [-0.4, -0.2) is 40.5 Å². The van der Waals surface area contributed by atoms with Crippen molar-refractivity contribution in [3.63, 3.8) is 0 Å². The van der Waals surface area contributed by atoms with Crippen LogP contribution >= 0.6 is 0 Å². The molecule has 0 atom stereocenters. The third-order valence-electron chi connectivity index (χ3n) is 4.92. The van der Waals surface area contributed by atoms with Crippen LogP contribution in [0, 0.1) is 0 Å². The second-order valence-corrected chi connectivity index (χ2v) is 7.03. The fourth-order valence-electron chi connectivity index (χ4n) is 3.50. The molecule has 8 nitrogen and oxygen atoms in total. The molecule has 0 spiro atoms. The Morgan fingerprint density at radius 1 is 1.11 bits per heavy atom. The van der Waals surface area contributed by atoms with E-state index in [2.05, 4.69) is 25.4 Å². The van der Waals surface area contributed by atoms with Gasteiger partial charge in [0.1, 0.15) is 12.4 Å². The van der Waals surface area contributed by atoms with Crippen molar-refractivity contribution in [2.24, 2.45) is 4.99 Å². The molecule has 0 fully saturated rings. The standard InChI is InChI=1S/C20H28N6O2/c1-2-21-20(22-14-19-25-24-18-7-4-3-5-10-26(18)19)23-15-8-9-16-17(13-15)28-12-6-11-27-16/h8-9,13H,2-7,10-12,14H2,1H3,(H2,21,22,23). The van der Waals surface area contributed by atoms with Gasteiger partial charge in [-0.25, -0.2) is 4.99 Å². The third-order valence-corrected chi connectivity index (χ3v) is 4.92. The van der Waals surface area contributed by atoms with E-state index in [1.54, 1.807) is 0 Å². The van der Waals surface area contributed by atoms with E-state index in [0.717, 1.165) is 54.8 Å². The van der Waals surface area contributed by atoms with Crippen molar-refractivity contribution in [2.75, 3.05) is 25.1 Å². The predicted molar refractivity (Wildman–Crippen MR) is 108 cm³/mol. The number of fused-ring (bicyclic) bond motifs is 2. The van der Waals surface area contributed by atoms with Crippen LogP contribution in [0.3, 0.4) is 0 Å². The zero-order valence-corrected chi connectivity index (χ0v) is 16.4. The van der Waals surface area contributed by atoms with Crippen molar-refractivity contribution in [3.8, 4) is 11.5 Å². The Balaban J connectivity index is 1.48. The Morgan fingerprint density at radius 2 is 2.00 bits per heavy atom. The zero-order chi connectivity index (χ0) is 19.2. The van der Waals surface area contributed by atoms with Crippen LogP contribution in [0.1, 0.15) is 44.3 Å². The maximum absolute atomic E-state index is 5.78. The van der Waals surface area contributed by atoms with Crippen LogP contribution < -0.4 is 20.1 Å². The van der Waals surface area contributed by atoms with E-state index in [1.165, 1.54) is 19.3 Å². The molecule has 0 unspecified atom stereocenters. The van der Waals surface area contributed by atoms with E-state index in [-0.39, 0.29) is 0 Å². The maximum atomic E-state index is 5.78. The highest BCUT2D eigenvalue weighted by Gasteiger charge is 2.15. The molecule has 0 amide bonds. The number of ether oxygens (including phenoxy) is 2. The number of anilines is 1. The van der Waals surface area contributed by atoms with Gasteiger partial charge in [-0.15, -0.1) is 10.2 Å². The van der Waals surface area contributed by atoms with E-state index in [1.807, 2.05) is 25.1 Å². The minimum Gasteiger partial charge on any atom is -0.490 e. The molecule has 2 aromatic rings. The lowest BCUT2D eigenvalue weighted by Gasteiger charge is -2.14. The lowest BCUT2D eigenvalue weighted by atomic mass is 10.2. The summed E-state index contributed by atoms with van der Waals surface area (Å²) in [7, 11) is 0. The van der Waals surface area contributed by atoms with Gasteiger partial charge in [0.15, 0.2) is 23.3 Å². The van der Waals surface area contributed by atoms with Gasteiger partial charge in [-0.1, -0.05) is 6.42 Å². The van der Waals surface area contributed by atoms with E-state index in [9.17, 15) is 0 Å². The molecule has 0 saturated carbocycles. The maximum Gasteiger partial charge on any atom is 0.196 e. The van der Waals surface area contributed by atoms with Gasteiger partial charge in [0, 0.05) is 37.7 Å². The average molecular weight is 384 g/mol. The number of guanidine groups is 1. The number of rotatable bonds is 4. The molecule has 0 saturated heterocycles. The first-order valence-electron chi connectivity index (χ1n) is 10.2. The highest BCUT2D eigenvalue weighted by Crippen LogP contribution is 2.32. The minimum atomic E-state index is 0.493. The first kappa shape index (κ1) is 18.6. The van der Waals surface area contributed by atoms with E-state index in [4.69, 9.17) is 14.5 Å². The Labute approximate surface area is 165 Å². The zero-order valence-electron chi connectivity index (χ0n) is 16.4. The van der Waals surface area contributed by atoms with Gasteiger partial charge in [-0.2, -0.15) is 0 Å². The molecule has 2 aliphatic heterocycles. The number of benzene rings is 1. The first-order valence-corrected chi connectivity index (χ1v) is 10.2. The first-order chi connectivity index (χ1) is 13.8. The summed E-state index contributed by atoms with van der Waals surface area (Å²) in [6.45, 7) is 5.66. The fourth-order valence-corrected chi connectivity index (χ4v) is 3.50. The summed E-state index contributed by atoms with van der Waals surface area (Å²) in [4.78, 5) is 4.72. The molecule has 150 valence electrons. The molecule has 2 N–H and O–H groups in total. The highest BCUT2D eigenvalue weighted by molar-refractivity contribution is 5.93. The molecule has 1 aromatic heterocycles. The van der Waals surface area contributed by atoms with Gasteiger partial charge in [0.2, 0.25) is 0 Å². The molecule has 8 heteroatoms. The topological polar surface area (TPSA) is 85.6 Å². The Kier molecular flexibility index (Phi) is 5.94.